The van der Waals surface area contributed by atoms with Crippen LogP contribution >= 0.6 is 0 Å². The molecule has 0 saturated carbocycles. The fraction of sp³-hybridized carbons (Fsp3) is 0.235. The molecule has 0 aromatic heterocycles. The molecule has 0 fully saturated rings. The molecule has 0 radical (unpaired) electrons. The standard InChI is InChI=1S/C17H20N2O/c1-10-7-12(3)16(13(4)8-10)17(20)19-14-5-6-15(18)11(2)9-14/h5-9H,18H2,1-4H3,(H,19,20). The van der Waals surface area contributed by atoms with E-state index in [1.165, 1.54) is 5.56 Å². The smallest absolute Gasteiger partial charge is 0.256 e. The number of carbonyl (C=O) groups excluding carboxylic acids is 1. The molecular formula is C17H20N2O. The van der Waals surface area contributed by atoms with Crippen molar-refractivity contribution >= 4 is 17.3 Å². The van der Waals surface area contributed by atoms with Gasteiger partial charge in [0.15, 0.2) is 0 Å². The van der Waals surface area contributed by atoms with Crippen molar-refractivity contribution < 1.29 is 4.79 Å². The highest BCUT2D eigenvalue weighted by atomic mass is 16.1. The Labute approximate surface area is 119 Å². The number of anilines is 2. The van der Waals surface area contributed by atoms with Crippen molar-refractivity contribution in [2.24, 2.45) is 0 Å². The van der Waals surface area contributed by atoms with Gasteiger partial charge in [0.1, 0.15) is 0 Å². The minimum atomic E-state index is -0.0795. The summed E-state index contributed by atoms with van der Waals surface area (Å²) >= 11 is 0. The van der Waals surface area contributed by atoms with E-state index in [0.29, 0.717) is 0 Å². The lowest BCUT2D eigenvalue weighted by atomic mass is 9.99. The molecule has 0 aliphatic carbocycles. The van der Waals surface area contributed by atoms with Crippen molar-refractivity contribution in [2.75, 3.05) is 11.1 Å². The lowest BCUT2D eigenvalue weighted by Gasteiger charge is -2.12. The monoisotopic (exact) mass is 268 g/mol. The van der Waals surface area contributed by atoms with Gasteiger partial charge in [0.2, 0.25) is 0 Å². The van der Waals surface area contributed by atoms with Crippen molar-refractivity contribution in [1.29, 1.82) is 0 Å². The largest absolute Gasteiger partial charge is 0.399 e. The van der Waals surface area contributed by atoms with Crippen molar-refractivity contribution in [2.45, 2.75) is 27.7 Å². The molecule has 0 heterocycles. The number of hydrogen-bond donors (Lipinski definition) is 2. The summed E-state index contributed by atoms with van der Waals surface area (Å²) in [5.41, 5.74) is 12.1. The number of benzene rings is 2. The Kier molecular flexibility index (Phi) is 3.79. The summed E-state index contributed by atoms with van der Waals surface area (Å²) in [5, 5.41) is 2.93. The fourth-order valence-electron chi connectivity index (χ4n) is 2.49. The molecule has 3 nitrogen and oxygen atoms in total. The fourth-order valence-corrected chi connectivity index (χ4v) is 2.49. The maximum atomic E-state index is 12.4. The molecule has 0 spiro atoms. The van der Waals surface area contributed by atoms with Crippen LogP contribution in [0.15, 0.2) is 30.3 Å². The van der Waals surface area contributed by atoms with Crippen LogP contribution in [-0.2, 0) is 0 Å². The van der Waals surface area contributed by atoms with Gasteiger partial charge < -0.3 is 11.1 Å². The van der Waals surface area contributed by atoms with E-state index >= 15 is 0 Å². The van der Waals surface area contributed by atoms with Crippen molar-refractivity contribution in [3.05, 3.63) is 58.1 Å². The molecular weight excluding hydrogens is 248 g/mol. The van der Waals surface area contributed by atoms with E-state index in [2.05, 4.69) is 5.32 Å². The summed E-state index contributed by atoms with van der Waals surface area (Å²) in [4.78, 5) is 12.4. The first-order valence-electron chi connectivity index (χ1n) is 6.64. The van der Waals surface area contributed by atoms with Gasteiger partial charge in [-0.3, -0.25) is 4.79 Å². The summed E-state index contributed by atoms with van der Waals surface area (Å²) < 4.78 is 0. The maximum Gasteiger partial charge on any atom is 0.256 e. The average Bonchev–Trinajstić information content (AvgIpc) is 2.32. The molecule has 0 aliphatic rings. The molecule has 3 heteroatoms. The van der Waals surface area contributed by atoms with Crippen molar-refractivity contribution in [3.63, 3.8) is 0 Å². The van der Waals surface area contributed by atoms with E-state index in [0.717, 1.165) is 33.6 Å². The second-order valence-electron chi connectivity index (χ2n) is 5.30. The van der Waals surface area contributed by atoms with Crippen LogP contribution in [0.5, 0.6) is 0 Å². The van der Waals surface area contributed by atoms with E-state index in [1.54, 1.807) is 6.07 Å². The molecule has 0 saturated heterocycles. The third kappa shape index (κ3) is 2.82. The highest BCUT2D eigenvalue weighted by Crippen LogP contribution is 2.20. The van der Waals surface area contributed by atoms with E-state index in [9.17, 15) is 4.79 Å². The zero-order valence-electron chi connectivity index (χ0n) is 12.4. The Balaban J connectivity index is 2.31. The van der Waals surface area contributed by atoms with Crippen LogP contribution in [0.4, 0.5) is 11.4 Å². The van der Waals surface area contributed by atoms with Gasteiger partial charge in [-0.05, 0) is 62.6 Å². The van der Waals surface area contributed by atoms with Gasteiger partial charge >= 0.3 is 0 Å². The number of hydrogen-bond acceptors (Lipinski definition) is 2. The van der Waals surface area contributed by atoms with Crippen LogP contribution in [0.3, 0.4) is 0 Å². The molecule has 104 valence electrons. The first-order chi connectivity index (χ1) is 9.38. The minimum Gasteiger partial charge on any atom is -0.399 e. The van der Waals surface area contributed by atoms with Gasteiger partial charge in [-0.15, -0.1) is 0 Å². The van der Waals surface area contributed by atoms with Gasteiger partial charge in [0, 0.05) is 16.9 Å². The SMILES string of the molecule is Cc1cc(C)c(C(=O)Nc2ccc(N)c(C)c2)c(C)c1. The lowest BCUT2D eigenvalue weighted by Crippen LogP contribution is -2.15. The van der Waals surface area contributed by atoms with Gasteiger partial charge in [0.25, 0.3) is 5.91 Å². The van der Waals surface area contributed by atoms with Crippen LogP contribution in [-0.4, -0.2) is 5.91 Å². The number of nitrogens with one attached hydrogen (secondary N) is 1. The number of nitrogens with two attached hydrogens (primary N) is 1. The first kappa shape index (κ1) is 14.1. The van der Waals surface area contributed by atoms with E-state index in [1.807, 2.05) is 52.0 Å². The Hall–Kier alpha value is -2.29. The zero-order valence-corrected chi connectivity index (χ0v) is 12.4. The summed E-state index contributed by atoms with van der Waals surface area (Å²) in [7, 11) is 0. The Morgan fingerprint density at radius 2 is 1.55 bits per heavy atom. The average molecular weight is 268 g/mol. The van der Waals surface area contributed by atoms with Crippen LogP contribution in [0.25, 0.3) is 0 Å². The molecule has 2 aromatic carbocycles. The number of nitrogen functional groups attached to an aromatic ring is 1. The summed E-state index contributed by atoms with van der Waals surface area (Å²) in [6, 6.07) is 9.55. The Morgan fingerprint density at radius 1 is 0.950 bits per heavy atom. The molecule has 2 rings (SSSR count). The van der Waals surface area contributed by atoms with E-state index in [-0.39, 0.29) is 5.91 Å². The van der Waals surface area contributed by atoms with Crippen molar-refractivity contribution in [1.82, 2.24) is 0 Å². The zero-order chi connectivity index (χ0) is 14.9. The van der Waals surface area contributed by atoms with Crippen LogP contribution in [0.1, 0.15) is 32.6 Å². The van der Waals surface area contributed by atoms with Gasteiger partial charge in [-0.1, -0.05) is 17.7 Å². The molecule has 0 unspecified atom stereocenters. The number of carbonyl (C=O) groups is 1. The number of amides is 1. The van der Waals surface area contributed by atoms with Crippen LogP contribution < -0.4 is 11.1 Å². The number of rotatable bonds is 2. The number of aryl methyl sites for hydroxylation is 4. The molecule has 2 aromatic rings. The van der Waals surface area contributed by atoms with E-state index < -0.39 is 0 Å². The Morgan fingerprint density at radius 3 is 2.10 bits per heavy atom. The lowest BCUT2D eigenvalue weighted by molar-refractivity contribution is 0.102. The van der Waals surface area contributed by atoms with Crippen LogP contribution in [0, 0.1) is 27.7 Å². The highest BCUT2D eigenvalue weighted by molar-refractivity contribution is 6.06. The third-order valence-electron chi connectivity index (χ3n) is 3.43. The quantitative estimate of drug-likeness (QED) is 0.815. The maximum absolute atomic E-state index is 12.4. The molecule has 20 heavy (non-hydrogen) atoms. The summed E-state index contributed by atoms with van der Waals surface area (Å²) in [6.07, 6.45) is 0. The predicted molar refractivity (Wildman–Crippen MR) is 84.2 cm³/mol. The van der Waals surface area contributed by atoms with E-state index in [4.69, 9.17) is 5.73 Å². The molecule has 0 atom stereocenters. The first-order valence-corrected chi connectivity index (χ1v) is 6.64. The molecule has 3 N–H and O–H groups in total. The minimum absolute atomic E-state index is 0.0795. The van der Waals surface area contributed by atoms with Gasteiger partial charge in [-0.2, -0.15) is 0 Å². The highest BCUT2D eigenvalue weighted by Gasteiger charge is 2.13. The molecule has 0 aliphatic heterocycles. The topological polar surface area (TPSA) is 55.1 Å². The molecule has 0 bridgehead atoms. The second kappa shape index (κ2) is 5.37. The van der Waals surface area contributed by atoms with Crippen LogP contribution in [0.2, 0.25) is 0 Å². The predicted octanol–water partition coefficient (Wildman–Crippen LogP) is 3.75. The Bertz CT molecular complexity index is 652. The second-order valence-corrected chi connectivity index (χ2v) is 5.30. The van der Waals surface area contributed by atoms with Gasteiger partial charge in [0.05, 0.1) is 0 Å². The van der Waals surface area contributed by atoms with Crippen molar-refractivity contribution in [3.8, 4) is 0 Å². The van der Waals surface area contributed by atoms with Gasteiger partial charge in [-0.25, -0.2) is 0 Å². The third-order valence-corrected chi connectivity index (χ3v) is 3.43. The normalized spacial score (nSPS) is 10.4. The summed E-state index contributed by atoms with van der Waals surface area (Å²) in [6.45, 7) is 7.88. The molecule has 1 amide bonds. The summed E-state index contributed by atoms with van der Waals surface area (Å²) in [5.74, 6) is -0.0795.